The highest BCUT2D eigenvalue weighted by molar-refractivity contribution is 5.81. The van der Waals surface area contributed by atoms with Crippen LogP contribution in [0.1, 0.15) is 40.0 Å². The maximum atomic E-state index is 11.9. The number of rotatable bonds is 3. The number of nitrogens with one attached hydrogen (secondary N) is 1. The van der Waals surface area contributed by atoms with Crippen molar-refractivity contribution in [2.24, 2.45) is 5.92 Å². The second-order valence-corrected chi connectivity index (χ2v) is 7.33. The number of aromatic amines is 1. The van der Waals surface area contributed by atoms with Crippen molar-refractivity contribution in [3.8, 4) is 0 Å². The van der Waals surface area contributed by atoms with Crippen LogP contribution in [-0.4, -0.2) is 34.6 Å². The molecule has 0 aromatic carbocycles. The first-order valence-electron chi connectivity index (χ1n) is 8.31. The lowest BCUT2D eigenvalue weighted by Crippen LogP contribution is -2.35. The second kappa shape index (κ2) is 6.22. The molecule has 124 valence electrons. The lowest BCUT2D eigenvalue weighted by Gasteiger charge is -2.33. The maximum absolute atomic E-state index is 11.9. The molecule has 1 N–H and O–H groups in total. The lowest BCUT2D eigenvalue weighted by molar-refractivity contribution is -0.156. The summed E-state index contributed by atoms with van der Waals surface area (Å²) in [6, 6.07) is 4.19. The minimum Gasteiger partial charge on any atom is -0.460 e. The summed E-state index contributed by atoms with van der Waals surface area (Å²) in [6.45, 7) is 7.62. The van der Waals surface area contributed by atoms with Crippen molar-refractivity contribution in [1.82, 2.24) is 9.97 Å². The summed E-state index contributed by atoms with van der Waals surface area (Å²) in [6.07, 6.45) is 6.36. The molecule has 3 heterocycles. The third-order valence-electron chi connectivity index (χ3n) is 4.24. The zero-order chi connectivity index (χ0) is 16.4. The van der Waals surface area contributed by atoms with Crippen molar-refractivity contribution in [2.45, 2.75) is 45.6 Å². The molecule has 0 amide bonds. The van der Waals surface area contributed by atoms with Crippen molar-refractivity contribution >= 4 is 22.7 Å². The van der Waals surface area contributed by atoms with Gasteiger partial charge in [-0.2, -0.15) is 0 Å². The minimum absolute atomic E-state index is 0.0807. The number of esters is 1. The number of carbonyl (C=O) groups is 1. The molecule has 23 heavy (non-hydrogen) atoms. The number of carbonyl (C=O) groups excluding carboxylic acids is 1. The standard InChI is InChI=1S/C18H25N3O2/c1-18(2,3)23-17(22)10-13-5-8-21(9-6-13)16-11-14-4-7-19-15(14)12-20-16/h4,7,11-13,19H,5-6,8-10H2,1-3H3. The number of anilines is 1. The molecular formula is C18H25N3O2. The summed E-state index contributed by atoms with van der Waals surface area (Å²) >= 11 is 0. The highest BCUT2D eigenvalue weighted by Crippen LogP contribution is 2.26. The first-order chi connectivity index (χ1) is 10.9. The van der Waals surface area contributed by atoms with Crippen LogP contribution in [0.25, 0.3) is 10.9 Å². The molecule has 2 aromatic rings. The summed E-state index contributed by atoms with van der Waals surface area (Å²) in [7, 11) is 0. The molecule has 1 aliphatic rings. The Morgan fingerprint density at radius 1 is 1.39 bits per heavy atom. The van der Waals surface area contributed by atoms with Crippen LogP contribution in [0.15, 0.2) is 24.5 Å². The van der Waals surface area contributed by atoms with Gasteiger partial charge in [-0.25, -0.2) is 4.98 Å². The molecule has 0 unspecified atom stereocenters. The fourth-order valence-corrected chi connectivity index (χ4v) is 3.10. The average Bonchev–Trinajstić information content (AvgIpc) is 2.93. The molecular weight excluding hydrogens is 290 g/mol. The first-order valence-corrected chi connectivity index (χ1v) is 8.31. The number of hydrogen-bond donors (Lipinski definition) is 1. The van der Waals surface area contributed by atoms with E-state index in [2.05, 4.69) is 27.0 Å². The van der Waals surface area contributed by atoms with Crippen LogP contribution in [0.2, 0.25) is 0 Å². The van der Waals surface area contributed by atoms with E-state index in [-0.39, 0.29) is 5.97 Å². The highest BCUT2D eigenvalue weighted by Gasteiger charge is 2.25. The SMILES string of the molecule is CC(C)(C)OC(=O)CC1CCN(c2cc3cc[nH]c3cn2)CC1. The van der Waals surface area contributed by atoms with E-state index in [0.717, 1.165) is 37.3 Å². The van der Waals surface area contributed by atoms with Crippen molar-refractivity contribution in [3.63, 3.8) is 0 Å². The van der Waals surface area contributed by atoms with E-state index < -0.39 is 5.60 Å². The molecule has 0 saturated carbocycles. The Morgan fingerprint density at radius 2 is 2.13 bits per heavy atom. The van der Waals surface area contributed by atoms with Gasteiger partial charge in [0.25, 0.3) is 0 Å². The third-order valence-corrected chi connectivity index (χ3v) is 4.24. The van der Waals surface area contributed by atoms with Gasteiger partial charge in [0.2, 0.25) is 0 Å². The van der Waals surface area contributed by atoms with Crippen LogP contribution in [0.3, 0.4) is 0 Å². The van der Waals surface area contributed by atoms with Gasteiger partial charge in [-0.05, 0) is 51.7 Å². The molecule has 2 aromatic heterocycles. The summed E-state index contributed by atoms with van der Waals surface area (Å²) in [5.74, 6) is 1.35. The van der Waals surface area contributed by atoms with Gasteiger partial charge in [-0.3, -0.25) is 4.79 Å². The highest BCUT2D eigenvalue weighted by atomic mass is 16.6. The Hall–Kier alpha value is -2.04. The van der Waals surface area contributed by atoms with E-state index in [1.807, 2.05) is 33.2 Å². The number of aromatic nitrogens is 2. The largest absolute Gasteiger partial charge is 0.460 e. The molecule has 1 saturated heterocycles. The topological polar surface area (TPSA) is 58.2 Å². The van der Waals surface area contributed by atoms with Gasteiger partial charge in [0.1, 0.15) is 11.4 Å². The van der Waals surface area contributed by atoms with Crippen LogP contribution >= 0.6 is 0 Å². The molecule has 3 rings (SSSR count). The summed E-state index contributed by atoms with van der Waals surface area (Å²) in [5, 5.41) is 1.19. The van der Waals surface area contributed by atoms with Gasteiger partial charge in [-0.15, -0.1) is 0 Å². The number of nitrogens with zero attached hydrogens (tertiary/aromatic N) is 2. The van der Waals surface area contributed by atoms with Gasteiger partial charge in [0.15, 0.2) is 0 Å². The van der Waals surface area contributed by atoms with E-state index in [1.54, 1.807) is 0 Å². The van der Waals surface area contributed by atoms with Crippen molar-refractivity contribution < 1.29 is 9.53 Å². The van der Waals surface area contributed by atoms with Crippen LogP contribution in [-0.2, 0) is 9.53 Å². The van der Waals surface area contributed by atoms with E-state index in [9.17, 15) is 4.79 Å². The van der Waals surface area contributed by atoms with Gasteiger partial charge in [-0.1, -0.05) is 0 Å². The number of fused-ring (bicyclic) bond motifs is 1. The number of hydrogen-bond acceptors (Lipinski definition) is 4. The van der Waals surface area contributed by atoms with E-state index in [4.69, 9.17) is 4.74 Å². The monoisotopic (exact) mass is 315 g/mol. The van der Waals surface area contributed by atoms with Crippen molar-refractivity contribution in [3.05, 3.63) is 24.5 Å². The number of pyridine rings is 1. The minimum atomic E-state index is -0.395. The van der Waals surface area contributed by atoms with E-state index in [0.29, 0.717) is 12.3 Å². The Labute approximate surface area is 137 Å². The summed E-state index contributed by atoms with van der Waals surface area (Å²) in [4.78, 5) is 22.0. The summed E-state index contributed by atoms with van der Waals surface area (Å²) < 4.78 is 5.42. The second-order valence-electron chi connectivity index (χ2n) is 7.33. The third kappa shape index (κ3) is 4.03. The fourth-order valence-electron chi connectivity index (χ4n) is 3.10. The van der Waals surface area contributed by atoms with Gasteiger partial charge >= 0.3 is 5.97 Å². The molecule has 0 aliphatic carbocycles. The predicted octanol–water partition coefficient (Wildman–Crippen LogP) is 3.51. The quantitative estimate of drug-likeness (QED) is 0.881. The van der Waals surface area contributed by atoms with Gasteiger partial charge in [0, 0.05) is 31.1 Å². The predicted molar refractivity (Wildman–Crippen MR) is 91.5 cm³/mol. The zero-order valence-corrected chi connectivity index (χ0v) is 14.1. The average molecular weight is 315 g/mol. The normalized spacial score (nSPS) is 16.7. The zero-order valence-electron chi connectivity index (χ0n) is 14.1. The van der Waals surface area contributed by atoms with Crippen LogP contribution in [0.5, 0.6) is 0 Å². The van der Waals surface area contributed by atoms with Crippen LogP contribution < -0.4 is 4.90 Å². The Balaban J connectivity index is 1.54. The van der Waals surface area contributed by atoms with E-state index in [1.165, 1.54) is 5.39 Å². The molecule has 0 radical (unpaired) electrons. The molecule has 1 fully saturated rings. The van der Waals surface area contributed by atoms with E-state index >= 15 is 0 Å². The number of piperidine rings is 1. The van der Waals surface area contributed by atoms with Crippen molar-refractivity contribution in [2.75, 3.05) is 18.0 Å². The number of ether oxygens (including phenoxy) is 1. The smallest absolute Gasteiger partial charge is 0.306 e. The molecule has 5 nitrogen and oxygen atoms in total. The fraction of sp³-hybridized carbons (Fsp3) is 0.556. The first kappa shape index (κ1) is 15.8. The lowest BCUT2D eigenvalue weighted by atomic mass is 9.93. The van der Waals surface area contributed by atoms with Crippen LogP contribution in [0.4, 0.5) is 5.82 Å². The molecule has 0 atom stereocenters. The van der Waals surface area contributed by atoms with Gasteiger partial charge < -0.3 is 14.6 Å². The Morgan fingerprint density at radius 3 is 2.83 bits per heavy atom. The summed E-state index contributed by atoms with van der Waals surface area (Å²) in [5.41, 5.74) is 0.668. The molecule has 5 heteroatoms. The Bertz CT molecular complexity index is 679. The van der Waals surface area contributed by atoms with Gasteiger partial charge in [0.05, 0.1) is 11.7 Å². The molecule has 0 spiro atoms. The molecule has 0 bridgehead atoms. The number of H-pyrrole nitrogens is 1. The van der Waals surface area contributed by atoms with Crippen molar-refractivity contribution in [1.29, 1.82) is 0 Å². The Kier molecular flexibility index (Phi) is 4.28. The van der Waals surface area contributed by atoms with Crippen LogP contribution in [0, 0.1) is 5.92 Å². The molecule has 1 aliphatic heterocycles. The maximum Gasteiger partial charge on any atom is 0.306 e.